The molecule has 2 aromatic heterocycles. The van der Waals surface area contributed by atoms with Crippen LogP contribution < -0.4 is 16.1 Å². The van der Waals surface area contributed by atoms with Crippen LogP contribution in [-0.4, -0.2) is 38.2 Å². The lowest BCUT2D eigenvalue weighted by Crippen LogP contribution is -2.47. The summed E-state index contributed by atoms with van der Waals surface area (Å²) in [5.41, 5.74) is 0.732. The Morgan fingerprint density at radius 2 is 2.03 bits per heavy atom. The van der Waals surface area contributed by atoms with E-state index in [0.717, 1.165) is 5.39 Å². The first-order valence-corrected chi connectivity index (χ1v) is 9.52. The number of ether oxygens (including phenoxy) is 2. The summed E-state index contributed by atoms with van der Waals surface area (Å²) < 4.78 is 21.0. The molecule has 1 aliphatic heterocycles. The second-order valence-corrected chi connectivity index (χ2v) is 6.78. The van der Waals surface area contributed by atoms with Gasteiger partial charge in [0.1, 0.15) is 24.0 Å². The number of hydrogen-bond acceptors (Lipinski definition) is 7. The van der Waals surface area contributed by atoms with Crippen molar-refractivity contribution in [3.8, 4) is 0 Å². The molecule has 4 rings (SSSR count). The van der Waals surface area contributed by atoms with Crippen LogP contribution in [0.1, 0.15) is 11.6 Å². The fourth-order valence-corrected chi connectivity index (χ4v) is 3.50. The third-order valence-corrected chi connectivity index (χ3v) is 4.98. The van der Waals surface area contributed by atoms with Crippen LogP contribution in [0.15, 0.2) is 55.6 Å². The molecule has 1 atom stereocenters. The first kappa shape index (κ1) is 20.0. The monoisotopic (exact) mass is 432 g/mol. The van der Waals surface area contributed by atoms with Crippen molar-refractivity contribution < 1.29 is 27.9 Å². The lowest BCUT2D eigenvalue weighted by molar-refractivity contribution is -0.140. The van der Waals surface area contributed by atoms with E-state index in [0.29, 0.717) is 11.2 Å². The number of allylic oxidation sites excluding steroid dienone is 1. The highest BCUT2D eigenvalue weighted by atomic mass is 35.5. The highest BCUT2D eigenvalue weighted by molar-refractivity contribution is 6.20. The number of benzene rings is 1. The molecular weight excluding hydrogens is 416 g/mol. The van der Waals surface area contributed by atoms with E-state index < -0.39 is 23.5 Å². The first-order chi connectivity index (χ1) is 14.5. The highest BCUT2D eigenvalue weighted by Gasteiger charge is 2.35. The van der Waals surface area contributed by atoms with Crippen molar-refractivity contribution in [2.45, 2.75) is 6.04 Å². The maximum absolute atomic E-state index is 13.2. The van der Waals surface area contributed by atoms with Gasteiger partial charge in [0.2, 0.25) is 0 Å². The predicted octanol–water partition coefficient (Wildman–Crippen LogP) is 2.58. The summed E-state index contributed by atoms with van der Waals surface area (Å²) in [4.78, 5) is 38.1. The minimum absolute atomic E-state index is 0.000134. The fraction of sp³-hybridized carbons (Fsp3) is 0.250. The Morgan fingerprint density at radius 1 is 1.20 bits per heavy atom. The molecular formula is C20H17ClN2O7. The minimum atomic E-state index is -1.09. The zero-order valence-corrected chi connectivity index (χ0v) is 16.6. The lowest BCUT2D eigenvalue weighted by Gasteiger charge is -2.28. The molecule has 0 bridgehead atoms. The molecule has 0 radical (unpaired) electrons. The number of rotatable bonds is 6. The number of nitrogens with one attached hydrogen (secondary N) is 2. The van der Waals surface area contributed by atoms with E-state index in [4.69, 9.17) is 29.9 Å². The topological polar surface area (TPSA) is 120 Å². The molecule has 1 aromatic carbocycles. The number of amides is 2. The molecule has 0 aliphatic carbocycles. The van der Waals surface area contributed by atoms with Gasteiger partial charge in [0, 0.05) is 24.3 Å². The summed E-state index contributed by atoms with van der Waals surface area (Å²) in [6.45, 7) is 0.193. The zero-order chi connectivity index (χ0) is 21.3. The lowest BCUT2D eigenvalue weighted by atomic mass is 9.95. The number of hydrogen-bond donors (Lipinski definition) is 2. The summed E-state index contributed by atoms with van der Waals surface area (Å²) in [6, 6.07) is 3.26. The average molecular weight is 433 g/mol. The van der Waals surface area contributed by atoms with Crippen molar-refractivity contribution in [3.05, 3.63) is 57.8 Å². The summed E-state index contributed by atoms with van der Waals surface area (Å²) in [5, 5.41) is 6.07. The Morgan fingerprint density at radius 3 is 2.80 bits per heavy atom. The molecule has 0 saturated heterocycles. The van der Waals surface area contributed by atoms with Crippen LogP contribution in [0, 0.1) is 0 Å². The molecule has 1 unspecified atom stereocenters. The van der Waals surface area contributed by atoms with Gasteiger partial charge < -0.3 is 28.9 Å². The van der Waals surface area contributed by atoms with E-state index in [1.165, 1.54) is 19.6 Å². The number of furan rings is 1. The largest absolute Gasteiger partial charge is 0.464 e. The van der Waals surface area contributed by atoms with Gasteiger partial charge in [0.15, 0.2) is 5.43 Å². The minimum Gasteiger partial charge on any atom is -0.464 e. The zero-order valence-electron chi connectivity index (χ0n) is 15.8. The standard InChI is InChI=1S/C20H17ClN2O7/c1-27-4-5-29-19(25)16-13(8-21)22-20(26)23-17(16)12-9-30-15-7-14-10(2-3-28-14)6-11(15)18(12)24/h2-3,6-7,9,17H,4-5,8H2,1H3,(H2,22,23,26). The number of urea groups is 1. The molecule has 1 aliphatic rings. The SMILES string of the molecule is COCCOC(=O)C1=C(CCl)NC(=O)NC1c1coc2cc3occc3cc2c1=O. The van der Waals surface area contributed by atoms with Crippen molar-refractivity contribution in [2.24, 2.45) is 0 Å². The maximum atomic E-state index is 13.2. The molecule has 0 fully saturated rings. The second kappa shape index (κ2) is 8.21. The number of fused-ring (bicyclic) bond motifs is 2. The number of halogens is 1. The van der Waals surface area contributed by atoms with E-state index in [-0.39, 0.29) is 41.3 Å². The van der Waals surface area contributed by atoms with Crippen LogP contribution in [0.25, 0.3) is 21.9 Å². The Kier molecular flexibility index (Phi) is 5.47. The van der Waals surface area contributed by atoms with Crippen molar-refractivity contribution in [1.29, 1.82) is 0 Å². The molecule has 3 aromatic rings. The summed E-state index contributed by atoms with van der Waals surface area (Å²) in [6.07, 6.45) is 2.72. The van der Waals surface area contributed by atoms with Gasteiger partial charge in [-0.3, -0.25) is 4.79 Å². The van der Waals surface area contributed by atoms with Crippen molar-refractivity contribution >= 4 is 45.5 Å². The van der Waals surface area contributed by atoms with Crippen LogP contribution in [-0.2, 0) is 14.3 Å². The fourth-order valence-electron chi connectivity index (χ4n) is 3.29. The van der Waals surface area contributed by atoms with Gasteiger partial charge in [-0.25, -0.2) is 9.59 Å². The Hall–Kier alpha value is -3.30. The highest BCUT2D eigenvalue weighted by Crippen LogP contribution is 2.29. The molecule has 2 amide bonds. The predicted molar refractivity (Wildman–Crippen MR) is 107 cm³/mol. The van der Waals surface area contributed by atoms with Gasteiger partial charge in [-0.15, -0.1) is 11.6 Å². The second-order valence-electron chi connectivity index (χ2n) is 6.51. The van der Waals surface area contributed by atoms with Gasteiger partial charge in [-0.2, -0.15) is 0 Å². The molecule has 0 spiro atoms. The summed E-state index contributed by atoms with van der Waals surface area (Å²) >= 11 is 5.94. The number of methoxy groups -OCH3 is 1. The molecule has 3 heterocycles. The van der Waals surface area contributed by atoms with Crippen molar-refractivity contribution in [1.82, 2.24) is 10.6 Å². The van der Waals surface area contributed by atoms with E-state index in [9.17, 15) is 14.4 Å². The summed E-state index contributed by atoms with van der Waals surface area (Å²) in [7, 11) is 1.47. The summed E-state index contributed by atoms with van der Waals surface area (Å²) in [5.74, 6) is -0.891. The van der Waals surface area contributed by atoms with Gasteiger partial charge in [0.05, 0.1) is 41.3 Å². The van der Waals surface area contributed by atoms with E-state index in [1.54, 1.807) is 18.2 Å². The van der Waals surface area contributed by atoms with Gasteiger partial charge >= 0.3 is 12.0 Å². The van der Waals surface area contributed by atoms with Crippen LogP contribution >= 0.6 is 11.6 Å². The maximum Gasteiger partial charge on any atom is 0.338 e. The van der Waals surface area contributed by atoms with Crippen molar-refractivity contribution in [2.75, 3.05) is 26.2 Å². The van der Waals surface area contributed by atoms with E-state index in [1.807, 2.05) is 0 Å². The number of esters is 1. The molecule has 156 valence electrons. The van der Waals surface area contributed by atoms with Crippen LogP contribution in [0.4, 0.5) is 4.79 Å². The number of carbonyl (C=O) groups is 2. The Balaban J connectivity index is 1.83. The molecule has 0 saturated carbocycles. The normalized spacial score (nSPS) is 16.6. The smallest absolute Gasteiger partial charge is 0.338 e. The number of alkyl halides is 1. The molecule has 30 heavy (non-hydrogen) atoms. The van der Waals surface area contributed by atoms with Crippen LogP contribution in [0.2, 0.25) is 0 Å². The third kappa shape index (κ3) is 3.53. The van der Waals surface area contributed by atoms with E-state index >= 15 is 0 Å². The van der Waals surface area contributed by atoms with Crippen LogP contribution in [0.5, 0.6) is 0 Å². The average Bonchev–Trinajstić information content (AvgIpc) is 3.19. The quantitative estimate of drug-likeness (QED) is 0.349. The van der Waals surface area contributed by atoms with E-state index in [2.05, 4.69) is 10.6 Å². The molecule has 9 nitrogen and oxygen atoms in total. The van der Waals surface area contributed by atoms with Crippen molar-refractivity contribution in [3.63, 3.8) is 0 Å². The Labute approximate surface area is 174 Å². The Bertz CT molecular complexity index is 1230. The third-order valence-electron chi connectivity index (χ3n) is 4.71. The van der Waals surface area contributed by atoms with Gasteiger partial charge in [-0.1, -0.05) is 0 Å². The van der Waals surface area contributed by atoms with Gasteiger partial charge in [-0.05, 0) is 12.1 Å². The first-order valence-electron chi connectivity index (χ1n) is 8.98. The molecule has 2 N–H and O–H groups in total. The molecule has 10 heteroatoms. The van der Waals surface area contributed by atoms with Crippen LogP contribution in [0.3, 0.4) is 0 Å². The van der Waals surface area contributed by atoms with Gasteiger partial charge in [0.25, 0.3) is 0 Å². The number of carbonyl (C=O) groups excluding carboxylic acids is 2.